The number of thioether (sulfide) groups is 1. The number of hydrogen-bond donors (Lipinski definition) is 3. The molecule has 0 aliphatic heterocycles. The van der Waals surface area contributed by atoms with Crippen molar-refractivity contribution in [3.05, 3.63) is 112 Å². The summed E-state index contributed by atoms with van der Waals surface area (Å²) in [4.78, 5) is 44.1. The van der Waals surface area contributed by atoms with Crippen LogP contribution in [0.3, 0.4) is 0 Å². The van der Waals surface area contributed by atoms with Gasteiger partial charge in [-0.1, -0.05) is 58.7 Å². The van der Waals surface area contributed by atoms with Crippen molar-refractivity contribution >= 4 is 56.7 Å². The molecule has 0 saturated carbocycles. The molecule has 3 N–H and O–H groups in total. The van der Waals surface area contributed by atoms with Gasteiger partial charge in [0.2, 0.25) is 0 Å². The predicted octanol–water partition coefficient (Wildman–Crippen LogP) is 4.24. The van der Waals surface area contributed by atoms with Gasteiger partial charge in [0.25, 0.3) is 11.1 Å². The number of rotatable bonds is 5. The normalized spacial score (nSPS) is 12.4. The number of alkyl halides is 3. The number of benzene rings is 2. The largest absolute Gasteiger partial charge is 0.522 e. The molecule has 1 unspecified atom stereocenters. The molecule has 0 saturated heterocycles. The van der Waals surface area contributed by atoms with Crippen molar-refractivity contribution in [3.8, 4) is 5.69 Å². The van der Waals surface area contributed by atoms with Crippen molar-refractivity contribution in [1.29, 1.82) is 0 Å². The first kappa shape index (κ1) is 31.4. The Hall–Kier alpha value is -3.15. The Morgan fingerprint density at radius 1 is 0.950 bits per heavy atom. The highest BCUT2D eigenvalue weighted by Gasteiger charge is 2.44. The van der Waals surface area contributed by atoms with Gasteiger partial charge in [0.1, 0.15) is 6.20 Å². The minimum atomic E-state index is -5.84. The molecule has 212 valence electrons. The number of nitrogens with zero attached hydrogens (tertiary/aromatic N) is 3. The summed E-state index contributed by atoms with van der Waals surface area (Å²) >= 11 is 20.5. The highest BCUT2D eigenvalue weighted by Crippen LogP contribution is 2.45. The zero-order chi connectivity index (χ0) is 29.8. The Morgan fingerprint density at radius 3 is 2.02 bits per heavy atom. The van der Waals surface area contributed by atoms with Crippen LogP contribution in [0.1, 0.15) is 16.4 Å². The van der Waals surface area contributed by atoms with E-state index in [-0.39, 0.29) is 21.3 Å². The molecule has 4 rings (SSSR count). The van der Waals surface area contributed by atoms with Gasteiger partial charge < -0.3 is 4.98 Å². The molecule has 19 heteroatoms. The van der Waals surface area contributed by atoms with E-state index in [1.54, 1.807) is 12.1 Å². The average Bonchev–Trinajstić information content (AvgIpc) is 2.83. The number of hydrogen-bond acceptors (Lipinski definition) is 8. The zero-order valence-electron chi connectivity index (χ0n) is 19.2. The van der Waals surface area contributed by atoms with E-state index < -0.39 is 32.1 Å². The van der Waals surface area contributed by atoms with Gasteiger partial charge in [-0.25, -0.2) is 9.78 Å². The SMILES string of the molecule is O=S(=O)(O)C(F)(F)F.O=c1ccnc(SC(c2ccc(Cl)cc2)c2c(Cl)cc(-n3ncc(=O)[nH]c3=O)cc2Cl)[nH]1. The zero-order valence-corrected chi connectivity index (χ0v) is 23.1. The second-order valence-corrected chi connectivity index (χ2v) is 11.1. The first-order chi connectivity index (χ1) is 18.6. The van der Waals surface area contributed by atoms with Crippen LogP contribution in [0.4, 0.5) is 13.2 Å². The van der Waals surface area contributed by atoms with Gasteiger partial charge in [-0.05, 0) is 29.8 Å². The predicted molar refractivity (Wildman–Crippen MR) is 142 cm³/mol. The molecule has 2 aromatic carbocycles. The molecule has 4 aromatic rings. The minimum Gasteiger partial charge on any atom is -0.301 e. The van der Waals surface area contributed by atoms with E-state index in [0.717, 1.165) is 16.4 Å². The van der Waals surface area contributed by atoms with Crippen LogP contribution >= 0.6 is 46.6 Å². The van der Waals surface area contributed by atoms with Gasteiger partial charge in [-0.3, -0.25) is 19.1 Å². The molecule has 2 heterocycles. The second kappa shape index (κ2) is 12.6. The van der Waals surface area contributed by atoms with Crippen molar-refractivity contribution in [2.45, 2.75) is 15.9 Å². The third-order valence-electron chi connectivity index (χ3n) is 4.63. The molecule has 0 bridgehead atoms. The molecular weight excluding hydrogens is 646 g/mol. The Bertz CT molecular complexity index is 1790. The number of H-pyrrole nitrogens is 2. The Labute approximate surface area is 240 Å². The Morgan fingerprint density at radius 2 is 1.52 bits per heavy atom. The van der Waals surface area contributed by atoms with E-state index in [2.05, 4.69) is 20.1 Å². The highest BCUT2D eigenvalue weighted by atomic mass is 35.5. The van der Waals surface area contributed by atoms with Crippen LogP contribution in [0.15, 0.2) is 74.4 Å². The lowest BCUT2D eigenvalue weighted by Crippen LogP contribution is -2.30. The van der Waals surface area contributed by atoms with Crippen LogP contribution in [-0.2, 0) is 10.1 Å². The van der Waals surface area contributed by atoms with E-state index in [4.69, 9.17) is 47.8 Å². The summed E-state index contributed by atoms with van der Waals surface area (Å²) in [6.45, 7) is 0. The molecule has 0 aliphatic rings. The maximum atomic E-state index is 12.1. The molecule has 2 aromatic heterocycles. The summed E-state index contributed by atoms with van der Waals surface area (Å²) in [5, 5.41) is 4.78. The highest BCUT2D eigenvalue weighted by molar-refractivity contribution is 7.99. The van der Waals surface area contributed by atoms with Crippen LogP contribution in [0.2, 0.25) is 15.1 Å². The van der Waals surface area contributed by atoms with Gasteiger partial charge in [-0.15, -0.1) is 0 Å². The van der Waals surface area contributed by atoms with Crippen molar-refractivity contribution in [2.24, 2.45) is 0 Å². The number of nitrogens with one attached hydrogen (secondary N) is 2. The van der Waals surface area contributed by atoms with Crippen molar-refractivity contribution in [1.82, 2.24) is 24.7 Å². The van der Waals surface area contributed by atoms with Crippen LogP contribution in [-0.4, -0.2) is 43.2 Å². The first-order valence-electron chi connectivity index (χ1n) is 10.3. The fraction of sp³-hybridized carbons (Fsp3) is 0.0952. The Kier molecular flexibility index (Phi) is 9.86. The van der Waals surface area contributed by atoms with Crippen LogP contribution in [0, 0.1) is 0 Å². The molecule has 40 heavy (non-hydrogen) atoms. The van der Waals surface area contributed by atoms with E-state index in [0.29, 0.717) is 15.7 Å². The lowest BCUT2D eigenvalue weighted by molar-refractivity contribution is -0.0510. The first-order valence-corrected chi connectivity index (χ1v) is 13.7. The molecule has 0 amide bonds. The summed E-state index contributed by atoms with van der Waals surface area (Å²) in [5.41, 5.74) is -5.57. The average molecular weight is 659 g/mol. The summed E-state index contributed by atoms with van der Waals surface area (Å²) in [6.07, 6.45) is 2.38. The fourth-order valence-corrected chi connectivity index (χ4v) is 5.05. The van der Waals surface area contributed by atoms with Crippen LogP contribution < -0.4 is 16.8 Å². The minimum absolute atomic E-state index is 0.248. The molecule has 11 nitrogen and oxygen atoms in total. The monoisotopic (exact) mass is 657 g/mol. The third kappa shape index (κ3) is 7.96. The smallest absolute Gasteiger partial charge is 0.301 e. The van der Waals surface area contributed by atoms with Crippen molar-refractivity contribution in [3.63, 3.8) is 0 Å². The van der Waals surface area contributed by atoms with Gasteiger partial charge >= 0.3 is 21.3 Å². The van der Waals surface area contributed by atoms with E-state index in [1.165, 1.54) is 36.2 Å². The summed E-state index contributed by atoms with van der Waals surface area (Å²) in [7, 11) is -5.84. The van der Waals surface area contributed by atoms with Gasteiger partial charge in [0, 0.05) is 32.9 Å². The lowest BCUT2D eigenvalue weighted by Gasteiger charge is -2.20. The van der Waals surface area contributed by atoms with Crippen molar-refractivity contribution in [2.75, 3.05) is 0 Å². The summed E-state index contributed by atoms with van der Waals surface area (Å²) in [6, 6.07) is 11.4. The summed E-state index contributed by atoms with van der Waals surface area (Å²) in [5.74, 6) is 0. The van der Waals surface area contributed by atoms with Gasteiger partial charge in [0.05, 0.1) is 10.9 Å². The molecule has 0 aliphatic carbocycles. The summed E-state index contributed by atoms with van der Waals surface area (Å²) < 4.78 is 58.5. The fourth-order valence-electron chi connectivity index (χ4n) is 2.94. The number of aromatic amines is 2. The maximum Gasteiger partial charge on any atom is 0.522 e. The third-order valence-corrected chi connectivity index (χ3v) is 7.26. The molecule has 1 atom stereocenters. The topological polar surface area (TPSA) is 168 Å². The molecule has 0 radical (unpaired) electrons. The van der Waals surface area contributed by atoms with Gasteiger partial charge in [-0.2, -0.15) is 31.4 Å². The Balaban J connectivity index is 0.000000482. The quantitative estimate of drug-likeness (QED) is 0.123. The number of aromatic nitrogens is 5. The van der Waals surface area contributed by atoms with E-state index in [1.807, 2.05) is 12.1 Å². The van der Waals surface area contributed by atoms with Gasteiger partial charge in [0.15, 0.2) is 5.16 Å². The van der Waals surface area contributed by atoms with E-state index >= 15 is 0 Å². The second-order valence-electron chi connectivity index (χ2n) is 7.38. The van der Waals surface area contributed by atoms with Crippen molar-refractivity contribution < 1.29 is 26.1 Å². The van der Waals surface area contributed by atoms with E-state index in [9.17, 15) is 27.6 Å². The van der Waals surface area contributed by atoms with Crippen LogP contribution in [0.5, 0.6) is 0 Å². The maximum absolute atomic E-state index is 12.1. The van der Waals surface area contributed by atoms with Crippen LogP contribution in [0.25, 0.3) is 5.69 Å². The molecule has 0 spiro atoms. The molecular formula is C21H13Cl3F3N5O6S2. The standard InChI is InChI=1S/C20H12Cl3N5O3S.CHF3O3S/c21-11-3-1-10(2-4-11)18(32-19-24-6-5-15(29)26-19)17-13(22)7-12(8-14(17)23)28-20(31)27-16(30)9-25-28;2-1(3,4)8(5,6)7/h1-9,18H,(H,24,26,29)(H,27,30,31);(H,5,6,7). The molecule has 0 fully saturated rings. The lowest BCUT2D eigenvalue weighted by atomic mass is 10.0. The number of halogens is 6.